The summed E-state index contributed by atoms with van der Waals surface area (Å²) in [5, 5.41) is 10.8. The average molecular weight is 499 g/mol. The number of fused-ring (bicyclic) bond motifs is 2. The van der Waals surface area contributed by atoms with Crippen molar-refractivity contribution in [1.82, 2.24) is 0 Å². The second-order valence-corrected chi connectivity index (χ2v) is 9.48. The third-order valence-electron chi connectivity index (χ3n) is 6.24. The fourth-order valence-corrected chi connectivity index (χ4v) is 4.08. The van der Waals surface area contributed by atoms with Gasteiger partial charge in [0.15, 0.2) is 18.4 Å². The normalized spacial score (nSPS) is 28.9. The van der Waals surface area contributed by atoms with E-state index < -0.39 is 42.0 Å². The molecular formula is C26H34BNO8. The number of carbonyl (C=O) groups is 2. The van der Waals surface area contributed by atoms with E-state index in [-0.39, 0.29) is 24.0 Å². The van der Waals surface area contributed by atoms with E-state index in [9.17, 15) is 14.7 Å². The molecule has 1 aromatic rings. The number of anilines is 1. The molecule has 1 aromatic carbocycles. The molecule has 1 N–H and O–H groups in total. The van der Waals surface area contributed by atoms with Crippen molar-refractivity contribution < 1.29 is 38.4 Å². The maximum absolute atomic E-state index is 13.4. The fraction of sp³-hybridized carbons (Fsp3) is 0.538. The van der Waals surface area contributed by atoms with Gasteiger partial charge in [-0.15, -0.1) is 0 Å². The number of methoxy groups -OCH3 is 1. The molecule has 0 spiro atoms. The second-order valence-electron chi connectivity index (χ2n) is 9.48. The Morgan fingerprint density at radius 2 is 1.97 bits per heavy atom. The Morgan fingerprint density at radius 3 is 2.64 bits per heavy atom. The monoisotopic (exact) mass is 499 g/mol. The van der Waals surface area contributed by atoms with Crippen LogP contribution in [0.25, 0.3) is 6.08 Å². The van der Waals surface area contributed by atoms with Gasteiger partial charge in [-0.1, -0.05) is 31.2 Å². The van der Waals surface area contributed by atoms with Crippen LogP contribution in [0.2, 0.25) is 0 Å². The van der Waals surface area contributed by atoms with Gasteiger partial charge in [0, 0.05) is 31.8 Å². The molecule has 1 saturated heterocycles. The second kappa shape index (κ2) is 11.6. The van der Waals surface area contributed by atoms with E-state index in [2.05, 4.69) is 0 Å². The lowest BCUT2D eigenvalue weighted by Crippen LogP contribution is -2.34. The number of amides is 1. The molecule has 194 valence electrons. The number of cyclic esters (lactones) is 1. The Morgan fingerprint density at radius 1 is 1.25 bits per heavy atom. The number of ether oxygens (including phenoxy) is 5. The van der Waals surface area contributed by atoms with Gasteiger partial charge >= 0.3 is 5.97 Å². The van der Waals surface area contributed by atoms with Crippen molar-refractivity contribution in [2.45, 2.75) is 64.3 Å². The van der Waals surface area contributed by atoms with Crippen LogP contribution in [0.15, 0.2) is 30.4 Å². The highest BCUT2D eigenvalue weighted by Gasteiger charge is 2.43. The number of rotatable bonds is 4. The summed E-state index contributed by atoms with van der Waals surface area (Å²) in [4.78, 5) is 26.4. The predicted molar refractivity (Wildman–Crippen MR) is 135 cm³/mol. The molecule has 0 aliphatic carbocycles. The summed E-state index contributed by atoms with van der Waals surface area (Å²) in [6.07, 6.45) is 4.95. The van der Waals surface area contributed by atoms with Gasteiger partial charge in [0.2, 0.25) is 7.85 Å². The molecule has 0 aromatic heterocycles. The van der Waals surface area contributed by atoms with Crippen LogP contribution in [0.4, 0.5) is 10.5 Å². The summed E-state index contributed by atoms with van der Waals surface area (Å²) in [6, 6.07) is 3.19. The molecule has 0 bridgehead atoms. The Balaban J connectivity index is 2.12. The highest BCUT2D eigenvalue weighted by molar-refractivity contribution is 6.60. The lowest BCUT2D eigenvalue weighted by molar-refractivity contribution is -0.152. The average Bonchev–Trinajstić information content (AvgIpc) is 3.13. The third kappa shape index (κ3) is 6.56. The van der Waals surface area contributed by atoms with Gasteiger partial charge in [0.1, 0.15) is 29.6 Å². The van der Waals surface area contributed by atoms with E-state index >= 15 is 0 Å². The molecule has 3 rings (SSSR count). The minimum Gasteiger partial charge on any atom is -0.467 e. The van der Waals surface area contributed by atoms with E-state index in [1.54, 1.807) is 45.1 Å². The molecule has 1 amide bonds. The molecule has 1 fully saturated rings. The largest absolute Gasteiger partial charge is 0.467 e. The van der Waals surface area contributed by atoms with Gasteiger partial charge in [-0.3, -0.25) is 4.79 Å². The van der Waals surface area contributed by atoms with E-state index in [0.29, 0.717) is 17.7 Å². The number of benzene rings is 1. The summed E-state index contributed by atoms with van der Waals surface area (Å²) >= 11 is 0. The van der Waals surface area contributed by atoms with Gasteiger partial charge in [-0.2, -0.15) is 0 Å². The number of esters is 1. The minimum absolute atomic E-state index is 0.121. The van der Waals surface area contributed by atoms with Crippen molar-refractivity contribution in [3.63, 3.8) is 0 Å². The van der Waals surface area contributed by atoms with Crippen LogP contribution in [0, 0.1) is 5.92 Å². The summed E-state index contributed by atoms with van der Waals surface area (Å²) < 4.78 is 28.5. The first-order chi connectivity index (χ1) is 16.9. The van der Waals surface area contributed by atoms with Gasteiger partial charge in [-0.05, 0) is 38.8 Å². The molecule has 2 unspecified atom stereocenters. The van der Waals surface area contributed by atoms with Crippen LogP contribution in [-0.4, -0.2) is 75.9 Å². The van der Waals surface area contributed by atoms with E-state index in [0.717, 1.165) is 0 Å². The first kappa shape index (κ1) is 27.9. The lowest BCUT2D eigenvalue weighted by Gasteiger charge is -2.24. The Labute approximate surface area is 213 Å². The topological polar surface area (TPSA) is 104 Å². The molecule has 36 heavy (non-hydrogen) atoms. The number of nitrogens with zero attached hydrogens (tertiary/aromatic N) is 1. The van der Waals surface area contributed by atoms with Crippen molar-refractivity contribution in [2.24, 2.45) is 5.92 Å². The van der Waals surface area contributed by atoms with E-state index in [4.69, 9.17) is 31.5 Å². The van der Waals surface area contributed by atoms with Crippen molar-refractivity contribution in [3.05, 3.63) is 41.5 Å². The summed E-state index contributed by atoms with van der Waals surface area (Å²) in [6.45, 7) is 7.13. The van der Waals surface area contributed by atoms with Crippen LogP contribution in [0.5, 0.6) is 5.75 Å². The van der Waals surface area contributed by atoms with Gasteiger partial charge in [0.05, 0.1) is 6.10 Å². The molecular weight excluding hydrogens is 465 g/mol. The Bertz CT molecular complexity index is 1020. The highest BCUT2D eigenvalue weighted by Crippen LogP contribution is 2.35. The molecule has 2 aliphatic heterocycles. The van der Waals surface area contributed by atoms with Gasteiger partial charge in [0.25, 0.3) is 0 Å². The molecule has 2 heterocycles. The highest BCUT2D eigenvalue weighted by atomic mass is 16.8. The van der Waals surface area contributed by atoms with Crippen molar-refractivity contribution in [1.29, 1.82) is 0 Å². The molecule has 10 heteroatoms. The van der Waals surface area contributed by atoms with E-state index in [1.807, 2.05) is 13.0 Å². The molecule has 2 radical (unpaired) electrons. The van der Waals surface area contributed by atoms with Crippen molar-refractivity contribution >= 4 is 31.4 Å². The quantitative estimate of drug-likeness (QED) is 0.291. The van der Waals surface area contributed by atoms with Gasteiger partial charge < -0.3 is 33.7 Å². The first-order valence-electron chi connectivity index (χ1n) is 11.9. The molecule has 9 nitrogen and oxygen atoms in total. The molecule has 5 atom stereocenters. The zero-order valence-electron chi connectivity index (χ0n) is 21.6. The maximum Gasteiger partial charge on any atom is 0.342 e. The molecule has 2 aliphatic rings. The number of hydrogen-bond donors (Lipinski definition) is 1. The van der Waals surface area contributed by atoms with Crippen LogP contribution in [0.1, 0.15) is 50.0 Å². The van der Waals surface area contributed by atoms with Crippen molar-refractivity contribution in [2.75, 3.05) is 25.9 Å². The number of carbonyl (C=O) groups excluding carboxylic acids is 2. The van der Waals surface area contributed by atoms with E-state index in [1.165, 1.54) is 25.1 Å². The number of aliphatic hydroxyl groups excluding tert-OH is 1. The lowest BCUT2D eigenvalue weighted by atomic mass is 9.98. The van der Waals surface area contributed by atoms with Gasteiger partial charge in [-0.25, -0.2) is 4.79 Å². The summed E-state index contributed by atoms with van der Waals surface area (Å²) in [7, 11) is 8.45. The SMILES string of the molecule is [B]C(=O)N(C)c1cc2c(c(OCOC)c1)C(=O)O[C@@H](C)[C@H](C)/C=C\C(O)C1OC(C)(C)O[C@H]1CC=C2. The predicted octanol–water partition coefficient (Wildman–Crippen LogP) is 3.43. The zero-order chi connectivity index (χ0) is 26.6. The first-order valence-corrected chi connectivity index (χ1v) is 11.9. The van der Waals surface area contributed by atoms with Crippen LogP contribution in [0.3, 0.4) is 0 Å². The van der Waals surface area contributed by atoms with Crippen molar-refractivity contribution in [3.8, 4) is 5.75 Å². The smallest absolute Gasteiger partial charge is 0.342 e. The minimum atomic E-state index is -0.907. The number of aliphatic hydroxyl groups is 1. The van der Waals surface area contributed by atoms with Crippen LogP contribution in [-0.2, 0) is 18.9 Å². The molecule has 0 saturated carbocycles. The van der Waals surface area contributed by atoms with Crippen LogP contribution < -0.4 is 9.64 Å². The third-order valence-corrected chi connectivity index (χ3v) is 6.24. The fourth-order valence-electron chi connectivity index (χ4n) is 4.08. The standard InChI is InChI=1S/C26H34BNO8/c1-15-10-11-19(29)23-20(35-26(3,4)36-23)9-7-8-17-12-18(28(5)25(27)31)13-21(33-14-32-6)22(17)24(30)34-16(15)2/h7-8,10-13,15-16,19-20,23,29H,9,14H2,1-6H3/b8-7?,11-10-/t15-,16+,19?,20+,23?/m1/s1. The summed E-state index contributed by atoms with van der Waals surface area (Å²) in [5.74, 6) is -2.16. The maximum atomic E-state index is 13.4. The Kier molecular flexibility index (Phi) is 9.00. The zero-order valence-corrected chi connectivity index (χ0v) is 21.6. The van der Waals surface area contributed by atoms with Crippen LogP contribution >= 0.6 is 0 Å². The Hall–Kier alpha value is -2.66. The summed E-state index contributed by atoms with van der Waals surface area (Å²) in [5.41, 5.74) is 1.06. The number of hydrogen-bond acceptors (Lipinski definition) is 8.